The van der Waals surface area contributed by atoms with Crippen molar-refractivity contribution in [3.63, 3.8) is 0 Å². The van der Waals surface area contributed by atoms with Crippen LogP contribution in [0.2, 0.25) is 0 Å². The Bertz CT molecular complexity index is 353. The van der Waals surface area contributed by atoms with Crippen molar-refractivity contribution >= 4 is 28.4 Å². The maximum Gasteiger partial charge on any atom is 0.168 e. The lowest BCUT2D eigenvalue weighted by Crippen LogP contribution is -2.37. The van der Waals surface area contributed by atoms with Crippen LogP contribution in [0.1, 0.15) is 25.8 Å². The lowest BCUT2D eigenvalue weighted by molar-refractivity contribution is -0.138. The summed E-state index contributed by atoms with van der Waals surface area (Å²) in [6.45, 7) is 3.82. The number of ketones is 1. The van der Waals surface area contributed by atoms with E-state index in [1.165, 1.54) is 3.57 Å². The highest BCUT2D eigenvalue weighted by Gasteiger charge is 2.30. The Kier molecular flexibility index (Phi) is 4.92. The summed E-state index contributed by atoms with van der Waals surface area (Å²) in [5.41, 5.74) is 0.394. The van der Waals surface area contributed by atoms with E-state index in [4.69, 9.17) is 4.74 Å². The summed E-state index contributed by atoms with van der Waals surface area (Å²) < 4.78 is 6.47. The SMILES string of the molecule is CCC(C)(OC)C(=O)Cc1ccc(I)cc1. The van der Waals surface area contributed by atoms with Crippen molar-refractivity contribution in [3.05, 3.63) is 33.4 Å². The summed E-state index contributed by atoms with van der Waals surface area (Å²) in [6.07, 6.45) is 1.14. The van der Waals surface area contributed by atoms with Crippen LogP contribution in [-0.4, -0.2) is 18.5 Å². The van der Waals surface area contributed by atoms with Crippen LogP contribution in [0, 0.1) is 3.57 Å². The number of rotatable bonds is 5. The molecule has 1 rings (SSSR count). The van der Waals surface area contributed by atoms with E-state index in [1.807, 2.05) is 38.1 Å². The normalized spacial score (nSPS) is 14.5. The van der Waals surface area contributed by atoms with Crippen molar-refractivity contribution in [2.45, 2.75) is 32.3 Å². The lowest BCUT2D eigenvalue weighted by Gasteiger charge is -2.24. The molecular formula is C13H17IO2. The summed E-state index contributed by atoms with van der Waals surface area (Å²) in [6, 6.07) is 8.01. The van der Waals surface area contributed by atoms with Crippen LogP contribution in [-0.2, 0) is 16.0 Å². The van der Waals surface area contributed by atoms with Crippen LogP contribution >= 0.6 is 22.6 Å². The van der Waals surface area contributed by atoms with Crippen LogP contribution in [0.15, 0.2) is 24.3 Å². The van der Waals surface area contributed by atoms with Crippen LogP contribution in [0.5, 0.6) is 0 Å². The highest BCUT2D eigenvalue weighted by molar-refractivity contribution is 14.1. The van der Waals surface area contributed by atoms with Crippen molar-refractivity contribution in [3.8, 4) is 0 Å². The monoisotopic (exact) mass is 332 g/mol. The van der Waals surface area contributed by atoms with E-state index in [0.717, 1.165) is 5.56 Å². The average Bonchev–Trinajstić information content (AvgIpc) is 2.31. The maximum absolute atomic E-state index is 12.1. The number of hydrogen-bond acceptors (Lipinski definition) is 2. The third kappa shape index (κ3) is 3.28. The zero-order valence-corrected chi connectivity index (χ0v) is 12.1. The van der Waals surface area contributed by atoms with Gasteiger partial charge in [0, 0.05) is 17.1 Å². The summed E-state index contributed by atoms with van der Waals surface area (Å²) in [5.74, 6) is 0.138. The molecule has 0 aliphatic heterocycles. The minimum absolute atomic E-state index is 0.138. The molecule has 0 saturated heterocycles. The summed E-state index contributed by atoms with van der Waals surface area (Å²) in [5, 5.41) is 0. The summed E-state index contributed by atoms with van der Waals surface area (Å²) in [4.78, 5) is 12.1. The van der Waals surface area contributed by atoms with E-state index in [-0.39, 0.29) is 5.78 Å². The Hall–Kier alpha value is -0.420. The predicted octanol–water partition coefficient (Wildman–Crippen LogP) is 3.22. The molecule has 0 spiro atoms. The van der Waals surface area contributed by atoms with E-state index in [0.29, 0.717) is 12.8 Å². The van der Waals surface area contributed by atoms with E-state index in [1.54, 1.807) is 7.11 Å². The maximum atomic E-state index is 12.1. The van der Waals surface area contributed by atoms with Gasteiger partial charge in [0.25, 0.3) is 0 Å². The van der Waals surface area contributed by atoms with Gasteiger partial charge in [-0.1, -0.05) is 19.1 Å². The molecule has 0 aromatic heterocycles. The molecule has 0 bridgehead atoms. The van der Waals surface area contributed by atoms with Gasteiger partial charge in [0.05, 0.1) is 0 Å². The topological polar surface area (TPSA) is 26.3 Å². The smallest absolute Gasteiger partial charge is 0.168 e. The molecule has 0 aliphatic carbocycles. The molecule has 0 heterocycles. The quantitative estimate of drug-likeness (QED) is 0.774. The second-order valence-electron chi connectivity index (χ2n) is 4.01. The van der Waals surface area contributed by atoms with Crippen molar-refractivity contribution < 1.29 is 9.53 Å². The molecule has 0 aliphatic rings. The van der Waals surface area contributed by atoms with E-state index >= 15 is 0 Å². The molecule has 0 radical (unpaired) electrons. The largest absolute Gasteiger partial charge is 0.371 e. The van der Waals surface area contributed by atoms with Gasteiger partial charge in [0.15, 0.2) is 5.78 Å². The van der Waals surface area contributed by atoms with Gasteiger partial charge in [-0.05, 0) is 53.6 Å². The Morgan fingerprint density at radius 2 is 1.94 bits per heavy atom. The second kappa shape index (κ2) is 5.77. The first kappa shape index (κ1) is 13.6. The molecule has 0 amide bonds. The Morgan fingerprint density at radius 3 is 2.38 bits per heavy atom. The zero-order chi connectivity index (χ0) is 12.2. The van der Waals surface area contributed by atoms with Crippen LogP contribution in [0.25, 0.3) is 0 Å². The standard InChI is InChI=1S/C13H17IO2/c1-4-13(2,16-3)12(15)9-10-5-7-11(14)8-6-10/h5-8H,4,9H2,1-3H3. The minimum Gasteiger partial charge on any atom is -0.371 e. The number of carbonyl (C=O) groups excluding carboxylic acids is 1. The number of ether oxygens (including phenoxy) is 1. The molecule has 0 N–H and O–H groups in total. The predicted molar refractivity (Wildman–Crippen MR) is 73.6 cm³/mol. The number of benzene rings is 1. The summed E-state index contributed by atoms with van der Waals surface area (Å²) in [7, 11) is 1.59. The van der Waals surface area contributed by atoms with Gasteiger partial charge in [-0.25, -0.2) is 0 Å². The van der Waals surface area contributed by atoms with Gasteiger partial charge in [0.1, 0.15) is 5.60 Å². The highest BCUT2D eigenvalue weighted by atomic mass is 127. The van der Waals surface area contributed by atoms with Crippen molar-refractivity contribution in [1.82, 2.24) is 0 Å². The van der Waals surface area contributed by atoms with Crippen LogP contribution in [0.3, 0.4) is 0 Å². The zero-order valence-electron chi connectivity index (χ0n) is 9.92. The molecular weight excluding hydrogens is 315 g/mol. The molecule has 88 valence electrons. The second-order valence-corrected chi connectivity index (χ2v) is 5.26. The van der Waals surface area contributed by atoms with Gasteiger partial charge in [-0.15, -0.1) is 0 Å². The van der Waals surface area contributed by atoms with Gasteiger partial charge in [0.2, 0.25) is 0 Å². The van der Waals surface area contributed by atoms with E-state index in [2.05, 4.69) is 22.6 Å². The molecule has 0 fully saturated rings. The Balaban J connectivity index is 2.74. The van der Waals surface area contributed by atoms with E-state index in [9.17, 15) is 4.79 Å². The summed E-state index contributed by atoms with van der Waals surface area (Å²) >= 11 is 2.25. The van der Waals surface area contributed by atoms with Crippen molar-refractivity contribution in [1.29, 1.82) is 0 Å². The molecule has 16 heavy (non-hydrogen) atoms. The molecule has 1 atom stereocenters. The Morgan fingerprint density at radius 1 is 1.38 bits per heavy atom. The Labute approximate surface area is 111 Å². The molecule has 1 unspecified atom stereocenters. The lowest BCUT2D eigenvalue weighted by atomic mass is 9.92. The molecule has 1 aromatic carbocycles. The van der Waals surface area contributed by atoms with Gasteiger partial charge >= 0.3 is 0 Å². The average molecular weight is 332 g/mol. The number of carbonyl (C=O) groups is 1. The minimum atomic E-state index is -0.650. The van der Waals surface area contributed by atoms with Crippen LogP contribution < -0.4 is 0 Å². The highest BCUT2D eigenvalue weighted by Crippen LogP contribution is 2.18. The fourth-order valence-corrected chi connectivity index (χ4v) is 1.79. The third-order valence-electron chi connectivity index (χ3n) is 2.99. The molecule has 3 heteroatoms. The number of hydrogen-bond donors (Lipinski definition) is 0. The fraction of sp³-hybridized carbons (Fsp3) is 0.462. The fourth-order valence-electron chi connectivity index (χ4n) is 1.43. The van der Waals surface area contributed by atoms with Crippen LogP contribution in [0.4, 0.5) is 0 Å². The van der Waals surface area contributed by atoms with Gasteiger partial charge in [-0.3, -0.25) is 4.79 Å². The number of halogens is 1. The number of methoxy groups -OCH3 is 1. The van der Waals surface area contributed by atoms with Crippen molar-refractivity contribution in [2.75, 3.05) is 7.11 Å². The van der Waals surface area contributed by atoms with E-state index < -0.39 is 5.60 Å². The molecule has 2 nitrogen and oxygen atoms in total. The third-order valence-corrected chi connectivity index (χ3v) is 3.71. The first-order valence-corrected chi connectivity index (χ1v) is 6.42. The van der Waals surface area contributed by atoms with Crippen molar-refractivity contribution in [2.24, 2.45) is 0 Å². The molecule has 1 aromatic rings. The first-order chi connectivity index (χ1) is 7.51. The van der Waals surface area contributed by atoms with Gasteiger partial charge < -0.3 is 4.74 Å². The number of Topliss-reactive ketones (excluding diaryl/α,β-unsaturated/α-hetero) is 1. The molecule has 0 saturated carbocycles. The first-order valence-electron chi connectivity index (χ1n) is 5.34. The van der Waals surface area contributed by atoms with Gasteiger partial charge in [-0.2, -0.15) is 0 Å².